The number of benzene rings is 1. The van der Waals surface area contributed by atoms with Gasteiger partial charge in [0.25, 0.3) is 5.91 Å². The van der Waals surface area contributed by atoms with E-state index in [2.05, 4.69) is 18.3 Å². The Bertz CT molecular complexity index is 503. The molecule has 0 bridgehead atoms. The van der Waals surface area contributed by atoms with Gasteiger partial charge in [-0.3, -0.25) is 4.79 Å². The minimum absolute atomic E-state index is 0. The van der Waals surface area contributed by atoms with Crippen LogP contribution in [0.2, 0.25) is 0 Å². The Morgan fingerprint density at radius 3 is 2.62 bits per heavy atom. The zero-order valence-electron chi connectivity index (χ0n) is 12.5. The van der Waals surface area contributed by atoms with Gasteiger partial charge < -0.3 is 15.0 Å². The summed E-state index contributed by atoms with van der Waals surface area (Å²) in [5, 5.41) is 3.33. The van der Waals surface area contributed by atoms with Crippen molar-refractivity contribution in [2.45, 2.75) is 37.8 Å². The van der Waals surface area contributed by atoms with E-state index < -0.39 is 0 Å². The van der Waals surface area contributed by atoms with Crippen molar-refractivity contribution in [2.75, 3.05) is 20.1 Å². The van der Waals surface area contributed by atoms with Crippen LogP contribution in [0.5, 0.6) is 5.75 Å². The van der Waals surface area contributed by atoms with Crippen LogP contribution in [0.3, 0.4) is 0 Å². The van der Waals surface area contributed by atoms with Gasteiger partial charge >= 0.3 is 0 Å². The Kier molecular flexibility index (Phi) is 5.12. The fraction of sp³-hybridized carbons (Fsp3) is 0.562. The average molecular weight is 311 g/mol. The number of carbonyl (C=O) groups excluding carboxylic acids is 1. The third kappa shape index (κ3) is 3.01. The number of rotatable bonds is 2. The molecule has 0 aromatic heterocycles. The molecule has 2 unspecified atom stereocenters. The lowest BCUT2D eigenvalue weighted by Crippen LogP contribution is -2.49. The second-order valence-electron chi connectivity index (χ2n) is 5.80. The molecule has 3 rings (SSSR count). The third-order valence-electron chi connectivity index (χ3n) is 4.57. The van der Waals surface area contributed by atoms with E-state index in [-0.39, 0.29) is 30.3 Å². The van der Waals surface area contributed by atoms with Crippen molar-refractivity contribution in [3.05, 3.63) is 29.8 Å². The van der Waals surface area contributed by atoms with Gasteiger partial charge in [0.15, 0.2) is 6.10 Å². The lowest BCUT2D eigenvalue weighted by Gasteiger charge is -2.33. The molecule has 1 N–H and O–H groups in total. The molecule has 2 heterocycles. The molecule has 1 amide bonds. The van der Waals surface area contributed by atoms with E-state index >= 15 is 0 Å². The number of nitrogens with one attached hydrogen (secondary N) is 1. The van der Waals surface area contributed by atoms with Crippen LogP contribution < -0.4 is 10.1 Å². The quantitative estimate of drug-likeness (QED) is 0.910. The number of fused-ring (bicyclic) bond motifs is 1. The second kappa shape index (κ2) is 6.67. The van der Waals surface area contributed by atoms with Gasteiger partial charge in [-0.25, -0.2) is 0 Å². The molecular formula is C16H23ClN2O2. The van der Waals surface area contributed by atoms with Crippen LogP contribution in [-0.2, 0) is 4.79 Å². The highest BCUT2D eigenvalue weighted by atomic mass is 35.5. The van der Waals surface area contributed by atoms with Crippen molar-refractivity contribution >= 4 is 18.3 Å². The van der Waals surface area contributed by atoms with Crippen LogP contribution in [0.15, 0.2) is 24.3 Å². The van der Waals surface area contributed by atoms with E-state index in [1.165, 1.54) is 0 Å². The van der Waals surface area contributed by atoms with Gasteiger partial charge in [-0.1, -0.05) is 25.1 Å². The van der Waals surface area contributed by atoms with Gasteiger partial charge in [-0.05, 0) is 32.0 Å². The smallest absolute Gasteiger partial charge is 0.264 e. The Morgan fingerprint density at radius 2 is 1.95 bits per heavy atom. The summed E-state index contributed by atoms with van der Waals surface area (Å²) in [5.41, 5.74) is 1.14. The third-order valence-corrected chi connectivity index (χ3v) is 4.57. The highest BCUT2D eigenvalue weighted by Crippen LogP contribution is 2.38. The number of nitrogens with zero attached hydrogens (tertiary/aromatic N) is 1. The predicted octanol–water partition coefficient (Wildman–Crippen LogP) is 2.18. The highest BCUT2D eigenvalue weighted by Gasteiger charge is 2.39. The summed E-state index contributed by atoms with van der Waals surface area (Å²) in [4.78, 5) is 14.6. The minimum Gasteiger partial charge on any atom is -0.480 e. The molecule has 0 saturated carbocycles. The summed E-state index contributed by atoms with van der Waals surface area (Å²) in [5.74, 6) is 1.10. The average Bonchev–Trinajstić information content (AvgIpc) is 2.84. The molecule has 116 valence electrons. The van der Waals surface area contributed by atoms with E-state index in [0.717, 1.165) is 37.2 Å². The second-order valence-corrected chi connectivity index (χ2v) is 5.80. The van der Waals surface area contributed by atoms with E-state index in [1.807, 2.05) is 30.1 Å². The Hall–Kier alpha value is -1.26. The number of para-hydroxylation sites is 1. The maximum Gasteiger partial charge on any atom is 0.264 e. The van der Waals surface area contributed by atoms with Gasteiger partial charge in [0, 0.05) is 24.6 Å². The van der Waals surface area contributed by atoms with Crippen molar-refractivity contribution in [1.29, 1.82) is 0 Å². The Balaban J connectivity index is 0.00000161. The molecule has 5 heteroatoms. The van der Waals surface area contributed by atoms with Gasteiger partial charge in [-0.15, -0.1) is 12.4 Å². The first-order valence-corrected chi connectivity index (χ1v) is 7.41. The number of piperidine rings is 1. The van der Waals surface area contributed by atoms with E-state index in [9.17, 15) is 4.79 Å². The first-order valence-electron chi connectivity index (χ1n) is 7.41. The molecule has 4 nitrogen and oxygen atoms in total. The number of amides is 1. The highest BCUT2D eigenvalue weighted by molar-refractivity contribution is 5.85. The summed E-state index contributed by atoms with van der Waals surface area (Å²) >= 11 is 0. The largest absolute Gasteiger partial charge is 0.480 e. The molecular weight excluding hydrogens is 288 g/mol. The Morgan fingerprint density at radius 1 is 1.29 bits per heavy atom. The summed E-state index contributed by atoms with van der Waals surface area (Å²) in [6.45, 7) is 4.05. The summed E-state index contributed by atoms with van der Waals surface area (Å²) in [7, 11) is 1.91. The maximum absolute atomic E-state index is 12.7. The molecule has 1 aromatic rings. The fourth-order valence-corrected chi connectivity index (χ4v) is 3.20. The monoisotopic (exact) mass is 310 g/mol. The molecule has 21 heavy (non-hydrogen) atoms. The number of hydrogen-bond donors (Lipinski definition) is 1. The number of halogens is 1. The SMILES string of the molecule is CC1c2ccccc2OC1C(=O)N(C)C1CCNCC1.Cl. The fourth-order valence-electron chi connectivity index (χ4n) is 3.20. The zero-order chi connectivity index (χ0) is 14.1. The van der Waals surface area contributed by atoms with Gasteiger partial charge in [0.2, 0.25) is 0 Å². The Labute approximate surface area is 132 Å². The van der Waals surface area contributed by atoms with Crippen LogP contribution in [-0.4, -0.2) is 43.1 Å². The predicted molar refractivity (Wildman–Crippen MR) is 85.2 cm³/mol. The van der Waals surface area contributed by atoms with Crippen LogP contribution >= 0.6 is 12.4 Å². The van der Waals surface area contributed by atoms with Crippen molar-refractivity contribution < 1.29 is 9.53 Å². The van der Waals surface area contributed by atoms with Crippen LogP contribution in [0.4, 0.5) is 0 Å². The molecule has 1 aromatic carbocycles. The van der Waals surface area contributed by atoms with Crippen LogP contribution in [0, 0.1) is 0 Å². The molecule has 0 spiro atoms. The summed E-state index contributed by atoms with van der Waals surface area (Å²) < 4.78 is 5.89. The number of carbonyl (C=O) groups is 1. The number of likely N-dealkylation sites (N-methyl/N-ethyl adjacent to an activating group) is 1. The van der Waals surface area contributed by atoms with Crippen molar-refractivity contribution in [3.63, 3.8) is 0 Å². The summed E-state index contributed by atoms with van der Waals surface area (Å²) in [6, 6.07) is 8.29. The van der Waals surface area contributed by atoms with Crippen molar-refractivity contribution in [2.24, 2.45) is 0 Å². The van der Waals surface area contributed by atoms with Gasteiger partial charge in [-0.2, -0.15) is 0 Å². The van der Waals surface area contributed by atoms with Gasteiger partial charge in [0.05, 0.1) is 0 Å². The molecule has 1 fully saturated rings. The summed E-state index contributed by atoms with van der Waals surface area (Å²) in [6.07, 6.45) is 1.68. The first kappa shape index (κ1) is 16.1. The van der Waals surface area contributed by atoms with Crippen molar-refractivity contribution in [1.82, 2.24) is 10.2 Å². The van der Waals surface area contributed by atoms with Crippen molar-refractivity contribution in [3.8, 4) is 5.75 Å². The van der Waals surface area contributed by atoms with Crippen LogP contribution in [0.25, 0.3) is 0 Å². The standard InChI is InChI=1S/C16H22N2O2.ClH/c1-11-13-5-3-4-6-14(13)20-15(11)16(19)18(2)12-7-9-17-10-8-12;/h3-6,11-12,15,17H,7-10H2,1-2H3;1H. The number of ether oxygens (including phenoxy) is 1. The van der Waals surface area contributed by atoms with Crippen LogP contribution in [0.1, 0.15) is 31.2 Å². The normalized spacial score (nSPS) is 24.7. The lowest BCUT2D eigenvalue weighted by molar-refractivity contribution is -0.139. The van der Waals surface area contributed by atoms with Gasteiger partial charge in [0.1, 0.15) is 5.75 Å². The molecule has 2 atom stereocenters. The minimum atomic E-state index is -0.368. The first-order chi connectivity index (χ1) is 9.68. The zero-order valence-corrected chi connectivity index (χ0v) is 13.4. The molecule has 0 radical (unpaired) electrons. The van der Waals surface area contributed by atoms with E-state index in [0.29, 0.717) is 6.04 Å². The molecule has 1 saturated heterocycles. The van der Waals surface area contributed by atoms with E-state index in [4.69, 9.17) is 4.74 Å². The van der Waals surface area contributed by atoms with E-state index in [1.54, 1.807) is 0 Å². The maximum atomic E-state index is 12.7. The number of hydrogen-bond acceptors (Lipinski definition) is 3. The molecule has 0 aliphatic carbocycles. The molecule has 2 aliphatic rings. The lowest BCUT2D eigenvalue weighted by atomic mass is 9.96. The topological polar surface area (TPSA) is 41.6 Å². The molecule has 2 aliphatic heterocycles.